The Kier molecular flexibility index (Phi) is 3.88. The molecular weight excluding hydrogens is 273 g/mol. The Morgan fingerprint density at radius 1 is 1.33 bits per heavy atom. The number of nitrogens with one attached hydrogen (secondary N) is 1. The normalized spacial score (nSPS) is 22.4. The van der Waals surface area contributed by atoms with Crippen molar-refractivity contribution in [2.24, 2.45) is 5.92 Å². The Balaban J connectivity index is 1.75. The van der Waals surface area contributed by atoms with E-state index >= 15 is 0 Å². The monoisotopic (exact) mass is 292 g/mol. The molecule has 1 saturated heterocycles. The quantitative estimate of drug-likeness (QED) is 0.915. The van der Waals surface area contributed by atoms with Gasteiger partial charge in [0.25, 0.3) is 0 Å². The Hall–Kier alpha value is -1.95. The van der Waals surface area contributed by atoms with Crippen molar-refractivity contribution in [3.8, 4) is 11.5 Å². The van der Waals surface area contributed by atoms with Crippen molar-refractivity contribution in [2.75, 3.05) is 13.1 Å². The molecule has 1 aromatic heterocycles. The molecule has 1 fully saturated rings. The van der Waals surface area contributed by atoms with Crippen LogP contribution in [-0.4, -0.2) is 22.9 Å². The van der Waals surface area contributed by atoms with Gasteiger partial charge >= 0.3 is 5.76 Å². The third kappa shape index (κ3) is 3.21. The summed E-state index contributed by atoms with van der Waals surface area (Å²) < 4.78 is 19.4. The van der Waals surface area contributed by atoms with E-state index in [-0.39, 0.29) is 11.7 Å². The topological polar surface area (TPSA) is 52.5 Å². The molecule has 0 amide bonds. The summed E-state index contributed by atoms with van der Waals surface area (Å²) in [5.41, 5.74) is 0.606. The first kappa shape index (κ1) is 14.0. The molecule has 1 N–H and O–H groups in total. The van der Waals surface area contributed by atoms with Gasteiger partial charge in [0.05, 0.1) is 13.1 Å². The van der Waals surface area contributed by atoms with E-state index in [1.165, 1.54) is 34.6 Å². The lowest BCUT2D eigenvalue weighted by molar-refractivity contribution is -0.929. The number of rotatable bonds is 3. The van der Waals surface area contributed by atoms with Crippen molar-refractivity contribution in [3.63, 3.8) is 0 Å². The second-order valence-corrected chi connectivity index (χ2v) is 5.77. The van der Waals surface area contributed by atoms with E-state index in [1.54, 1.807) is 12.1 Å². The smallest absolute Gasteiger partial charge is 0.387 e. The summed E-state index contributed by atoms with van der Waals surface area (Å²) in [5, 5.41) is 4.22. The molecule has 0 spiro atoms. The third-order valence-corrected chi connectivity index (χ3v) is 4.05. The number of quaternary nitrogens is 1. The lowest BCUT2D eigenvalue weighted by atomic mass is 10.00. The van der Waals surface area contributed by atoms with Crippen LogP contribution in [0.2, 0.25) is 0 Å². The molecule has 1 aliphatic rings. The zero-order valence-corrected chi connectivity index (χ0v) is 12.0. The fourth-order valence-corrected chi connectivity index (χ4v) is 2.66. The van der Waals surface area contributed by atoms with E-state index < -0.39 is 5.76 Å². The summed E-state index contributed by atoms with van der Waals surface area (Å²) in [5.74, 6) is 0.218. The van der Waals surface area contributed by atoms with Gasteiger partial charge in [-0.15, -0.1) is 9.78 Å². The minimum Gasteiger partial charge on any atom is -0.387 e. The molecule has 5 nitrogen and oxygen atoms in total. The Morgan fingerprint density at radius 3 is 2.67 bits per heavy atom. The summed E-state index contributed by atoms with van der Waals surface area (Å²) in [6, 6.07) is 5.76. The predicted octanol–water partition coefficient (Wildman–Crippen LogP) is 0.915. The Morgan fingerprint density at radius 2 is 2.00 bits per heavy atom. The molecule has 1 aliphatic heterocycles. The number of nitrogens with zero attached hydrogens (tertiary/aromatic N) is 2. The van der Waals surface area contributed by atoms with E-state index in [2.05, 4.69) is 12.0 Å². The standard InChI is InChI=1S/C15H18FN3O2/c1-11-6-8-18(9-7-11)10-19-15(20)21-14(17-19)12-2-4-13(16)5-3-12/h2-5,11H,6-10H2,1H3/p+1. The van der Waals surface area contributed by atoms with E-state index in [0.29, 0.717) is 12.2 Å². The summed E-state index contributed by atoms with van der Waals surface area (Å²) in [7, 11) is 0. The van der Waals surface area contributed by atoms with Gasteiger partial charge in [-0.25, -0.2) is 9.18 Å². The number of piperidine rings is 1. The molecule has 6 heteroatoms. The van der Waals surface area contributed by atoms with E-state index in [1.807, 2.05) is 0 Å². The number of likely N-dealkylation sites (tertiary alicyclic amines) is 1. The van der Waals surface area contributed by atoms with Crippen LogP contribution in [0.5, 0.6) is 0 Å². The summed E-state index contributed by atoms with van der Waals surface area (Å²) >= 11 is 0. The average molecular weight is 292 g/mol. The molecular formula is C15H19FN3O2+. The fraction of sp³-hybridized carbons (Fsp3) is 0.467. The first-order valence-electron chi connectivity index (χ1n) is 7.29. The summed E-state index contributed by atoms with van der Waals surface area (Å²) in [6.45, 7) is 4.88. The van der Waals surface area contributed by atoms with Crippen LogP contribution in [-0.2, 0) is 6.67 Å². The first-order valence-corrected chi connectivity index (χ1v) is 7.29. The second-order valence-electron chi connectivity index (χ2n) is 5.77. The molecule has 1 aromatic carbocycles. The Labute approximate surface area is 122 Å². The van der Waals surface area contributed by atoms with Gasteiger partial charge < -0.3 is 9.32 Å². The largest absolute Gasteiger partial charge is 0.442 e. The maximum Gasteiger partial charge on any atom is 0.442 e. The number of hydrogen-bond donors (Lipinski definition) is 1. The van der Waals surface area contributed by atoms with E-state index in [0.717, 1.165) is 19.0 Å². The molecule has 21 heavy (non-hydrogen) atoms. The van der Waals surface area contributed by atoms with Gasteiger partial charge in [-0.2, -0.15) is 0 Å². The van der Waals surface area contributed by atoms with Crippen molar-refractivity contribution >= 4 is 0 Å². The molecule has 0 bridgehead atoms. The molecule has 0 atom stereocenters. The van der Waals surface area contributed by atoms with Crippen LogP contribution in [0.1, 0.15) is 19.8 Å². The van der Waals surface area contributed by atoms with Gasteiger partial charge in [0.15, 0.2) is 6.67 Å². The van der Waals surface area contributed by atoms with Crippen molar-refractivity contribution in [2.45, 2.75) is 26.4 Å². The van der Waals surface area contributed by atoms with E-state index in [4.69, 9.17) is 4.42 Å². The fourth-order valence-electron chi connectivity index (χ4n) is 2.66. The molecule has 0 unspecified atom stereocenters. The molecule has 0 saturated carbocycles. The molecule has 112 valence electrons. The zero-order valence-electron chi connectivity index (χ0n) is 12.0. The van der Waals surface area contributed by atoms with E-state index in [9.17, 15) is 9.18 Å². The van der Waals surface area contributed by atoms with Crippen molar-refractivity contribution in [1.82, 2.24) is 9.78 Å². The number of aromatic nitrogens is 2. The number of benzene rings is 1. The Bertz CT molecular complexity index is 654. The molecule has 0 radical (unpaired) electrons. The van der Waals surface area contributed by atoms with Crippen LogP contribution in [0.15, 0.2) is 33.5 Å². The number of hydrogen-bond acceptors (Lipinski definition) is 3. The van der Waals surface area contributed by atoms with Gasteiger partial charge in [0.2, 0.25) is 5.89 Å². The zero-order chi connectivity index (χ0) is 14.8. The van der Waals surface area contributed by atoms with Gasteiger partial charge in [-0.1, -0.05) is 6.92 Å². The van der Waals surface area contributed by atoms with Gasteiger partial charge in [-0.3, -0.25) is 0 Å². The van der Waals surface area contributed by atoms with Gasteiger partial charge in [0.1, 0.15) is 5.82 Å². The van der Waals surface area contributed by atoms with Crippen LogP contribution < -0.4 is 10.7 Å². The number of halogens is 1. The van der Waals surface area contributed by atoms with Gasteiger partial charge in [0, 0.05) is 5.56 Å². The molecule has 0 aliphatic carbocycles. The maximum atomic E-state index is 12.9. The second kappa shape index (κ2) is 5.81. The highest BCUT2D eigenvalue weighted by molar-refractivity contribution is 5.51. The molecule has 2 aromatic rings. The average Bonchev–Trinajstić information content (AvgIpc) is 2.83. The van der Waals surface area contributed by atoms with Crippen LogP contribution in [0.4, 0.5) is 4.39 Å². The summed E-state index contributed by atoms with van der Waals surface area (Å²) in [6.07, 6.45) is 2.35. The minimum absolute atomic E-state index is 0.241. The van der Waals surface area contributed by atoms with Crippen molar-refractivity contribution < 1.29 is 13.7 Å². The third-order valence-electron chi connectivity index (χ3n) is 4.05. The molecule has 2 heterocycles. The summed E-state index contributed by atoms with van der Waals surface area (Å²) in [4.78, 5) is 13.2. The highest BCUT2D eigenvalue weighted by Gasteiger charge is 2.21. The predicted molar refractivity (Wildman–Crippen MR) is 75.3 cm³/mol. The van der Waals surface area contributed by atoms with Crippen molar-refractivity contribution in [3.05, 3.63) is 40.6 Å². The highest BCUT2D eigenvalue weighted by atomic mass is 19.1. The van der Waals surface area contributed by atoms with Crippen LogP contribution in [0.3, 0.4) is 0 Å². The lowest BCUT2D eigenvalue weighted by Crippen LogP contribution is -3.12. The van der Waals surface area contributed by atoms with Crippen LogP contribution in [0.25, 0.3) is 11.5 Å². The highest BCUT2D eigenvalue weighted by Crippen LogP contribution is 2.15. The maximum absolute atomic E-state index is 12.9. The van der Waals surface area contributed by atoms with Crippen LogP contribution in [0, 0.1) is 11.7 Å². The van der Waals surface area contributed by atoms with Crippen LogP contribution >= 0.6 is 0 Å². The SMILES string of the molecule is CC1CC[NH+](Cn2nc(-c3ccc(F)cc3)oc2=O)CC1. The lowest BCUT2D eigenvalue weighted by Gasteiger charge is -2.26. The van der Waals surface area contributed by atoms with Crippen molar-refractivity contribution in [1.29, 1.82) is 0 Å². The first-order chi connectivity index (χ1) is 10.1. The molecule has 3 rings (SSSR count). The minimum atomic E-state index is -0.458. The van der Waals surface area contributed by atoms with Gasteiger partial charge in [-0.05, 0) is 43.0 Å².